The minimum atomic E-state index is -0.791. The van der Waals surface area contributed by atoms with Crippen molar-refractivity contribution in [1.82, 2.24) is 4.90 Å². The zero-order valence-corrected chi connectivity index (χ0v) is 6.29. The van der Waals surface area contributed by atoms with E-state index in [2.05, 4.69) is 6.08 Å². The first-order valence-corrected chi connectivity index (χ1v) is 3.99. The third-order valence-corrected chi connectivity index (χ3v) is 2.53. The van der Waals surface area contributed by atoms with Crippen LogP contribution in [0, 0.1) is 5.92 Å². The fraction of sp³-hybridized carbons (Fsp3) is 0.625. The van der Waals surface area contributed by atoms with Crippen LogP contribution in [-0.4, -0.2) is 22.6 Å². The van der Waals surface area contributed by atoms with Gasteiger partial charge in [0.25, 0.3) is 0 Å². The van der Waals surface area contributed by atoms with Gasteiger partial charge in [0, 0.05) is 18.2 Å². The molecule has 2 aliphatic rings. The van der Waals surface area contributed by atoms with Gasteiger partial charge in [-0.05, 0) is 19.3 Å². The number of rotatable bonds is 0. The molecule has 0 saturated carbocycles. The molecular weight excluding hydrogens is 142 g/mol. The molecule has 1 atom stereocenters. The SMILES string of the molecule is O=C(O)N1CCC2CCC=C21. The predicted octanol–water partition coefficient (Wildman–Crippen LogP) is 1.66. The molecular formula is C8H11NO2. The molecule has 1 aliphatic heterocycles. The van der Waals surface area contributed by atoms with E-state index < -0.39 is 6.09 Å². The zero-order chi connectivity index (χ0) is 7.84. The Morgan fingerprint density at radius 1 is 1.64 bits per heavy atom. The van der Waals surface area contributed by atoms with Gasteiger partial charge < -0.3 is 5.11 Å². The van der Waals surface area contributed by atoms with Crippen molar-refractivity contribution in [2.75, 3.05) is 6.54 Å². The van der Waals surface area contributed by atoms with Crippen LogP contribution in [0.4, 0.5) is 4.79 Å². The standard InChI is InChI=1S/C8H11NO2/c10-8(11)9-5-4-6-2-1-3-7(6)9/h3,6H,1-2,4-5H2,(H,10,11). The smallest absolute Gasteiger partial charge is 0.411 e. The summed E-state index contributed by atoms with van der Waals surface area (Å²) in [6.07, 6.45) is 4.51. The van der Waals surface area contributed by atoms with Crippen LogP contribution in [0.2, 0.25) is 0 Å². The number of likely N-dealkylation sites (tertiary alicyclic amines) is 1. The average Bonchev–Trinajstić information content (AvgIpc) is 2.41. The second-order valence-electron chi connectivity index (χ2n) is 3.13. The van der Waals surface area contributed by atoms with Gasteiger partial charge in [-0.15, -0.1) is 0 Å². The Kier molecular flexibility index (Phi) is 1.37. The summed E-state index contributed by atoms with van der Waals surface area (Å²) < 4.78 is 0. The normalized spacial score (nSPS) is 28.5. The van der Waals surface area contributed by atoms with E-state index in [0.29, 0.717) is 12.5 Å². The van der Waals surface area contributed by atoms with Gasteiger partial charge >= 0.3 is 6.09 Å². The van der Waals surface area contributed by atoms with Crippen LogP contribution in [-0.2, 0) is 0 Å². The molecule has 2 rings (SSSR count). The maximum atomic E-state index is 10.6. The van der Waals surface area contributed by atoms with Gasteiger partial charge in [0.15, 0.2) is 0 Å². The molecule has 1 fully saturated rings. The number of carbonyl (C=O) groups is 1. The maximum absolute atomic E-state index is 10.6. The van der Waals surface area contributed by atoms with Crippen molar-refractivity contribution in [3.8, 4) is 0 Å². The summed E-state index contributed by atoms with van der Waals surface area (Å²) in [7, 11) is 0. The van der Waals surface area contributed by atoms with E-state index in [1.807, 2.05) is 0 Å². The lowest BCUT2D eigenvalue weighted by Crippen LogP contribution is -2.24. The lowest BCUT2D eigenvalue weighted by molar-refractivity contribution is 0.164. The molecule has 0 bridgehead atoms. The monoisotopic (exact) mass is 153 g/mol. The fourth-order valence-corrected chi connectivity index (χ4v) is 1.99. The fourth-order valence-electron chi connectivity index (χ4n) is 1.99. The highest BCUT2D eigenvalue weighted by atomic mass is 16.4. The minimum Gasteiger partial charge on any atom is -0.465 e. The van der Waals surface area contributed by atoms with Crippen LogP contribution in [0.1, 0.15) is 19.3 Å². The van der Waals surface area contributed by atoms with Crippen LogP contribution in [0.5, 0.6) is 0 Å². The Morgan fingerprint density at radius 3 is 3.18 bits per heavy atom. The third-order valence-electron chi connectivity index (χ3n) is 2.53. The molecule has 60 valence electrons. The van der Waals surface area contributed by atoms with Gasteiger partial charge in [0.1, 0.15) is 0 Å². The molecule has 11 heavy (non-hydrogen) atoms. The van der Waals surface area contributed by atoms with E-state index in [4.69, 9.17) is 5.11 Å². The summed E-state index contributed by atoms with van der Waals surface area (Å²) in [6, 6.07) is 0. The Morgan fingerprint density at radius 2 is 2.45 bits per heavy atom. The molecule has 1 N–H and O–H groups in total. The zero-order valence-electron chi connectivity index (χ0n) is 6.29. The van der Waals surface area contributed by atoms with E-state index in [9.17, 15) is 4.79 Å². The van der Waals surface area contributed by atoms with Crippen LogP contribution in [0.25, 0.3) is 0 Å². The van der Waals surface area contributed by atoms with Crippen LogP contribution >= 0.6 is 0 Å². The molecule has 0 aromatic carbocycles. The minimum absolute atomic E-state index is 0.547. The van der Waals surface area contributed by atoms with Crippen LogP contribution in [0.15, 0.2) is 11.8 Å². The molecule has 1 unspecified atom stereocenters. The molecule has 0 aromatic rings. The van der Waals surface area contributed by atoms with Crippen molar-refractivity contribution < 1.29 is 9.90 Å². The molecule has 3 heteroatoms. The van der Waals surface area contributed by atoms with Gasteiger partial charge in [-0.3, -0.25) is 4.90 Å². The quantitative estimate of drug-likeness (QED) is 0.575. The Labute approximate surface area is 65.3 Å². The summed E-state index contributed by atoms with van der Waals surface area (Å²) >= 11 is 0. The highest BCUT2D eigenvalue weighted by Gasteiger charge is 2.33. The maximum Gasteiger partial charge on any atom is 0.411 e. The van der Waals surface area contributed by atoms with Crippen molar-refractivity contribution in [2.45, 2.75) is 19.3 Å². The van der Waals surface area contributed by atoms with Crippen molar-refractivity contribution in [3.63, 3.8) is 0 Å². The Balaban J connectivity index is 2.20. The second-order valence-corrected chi connectivity index (χ2v) is 3.13. The number of nitrogens with zero attached hydrogens (tertiary/aromatic N) is 1. The molecule has 0 aromatic heterocycles. The summed E-state index contributed by atoms with van der Waals surface area (Å²) in [6.45, 7) is 0.700. The highest BCUT2D eigenvalue weighted by Crippen LogP contribution is 2.36. The number of fused-ring (bicyclic) bond motifs is 1. The summed E-state index contributed by atoms with van der Waals surface area (Å²) in [5.74, 6) is 0.547. The summed E-state index contributed by atoms with van der Waals surface area (Å²) in [5, 5.41) is 8.75. The van der Waals surface area contributed by atoms with Crippen molar-refractivity contribution in [2.24, 2.45) is 5.92 Å². The van der Waals surface area contributed by atoms with E-state index in [1.54, 1.807) is 0 Å². The number of hydrogen-bond acceptors (Lipinski definition) is 1. The van der Waals surface area contributed by atoms with Gasteiger partial charge in [0.05, 0.1) is 0 Å². The van der Waals surface area contributed by atoms with Crippen LogP contribution in [0.3, 0.4) is 0 Å². The van der Waals surface area contributed by atoms with Gasteiger partial charge in [-0.1, -0.05) is 6.08 Å². The topological polar surface area (TPSA) is 40.5 Å². The lowest BCUT2D eigenvalue weighted by Gasteiger charge is -2.12. The van der Waals surface area contributed by atoms with Gasteiger partial charge in [-0.2, -0.15) is 0 Å². The highest BCUT2D eigenvalue weighted by molar-refractivity contribution is 5.68. The predicted molar refractivity (Wildman–Crippen MR) is 40.2 cm³/mol. The largest absolute Gasteiger partial charge is 0.465 e. The summed E-state index contributed by atoms with van der Waals surface area (Å²) in [5.41, 5.74) is 1.05. The van der Waals surface area contributed by atoms with Crippen molar-refractivity contribution >= 4 is 6.09 Å². The number of allylic oxidation sites excluding steroid dienone is 2. The average molecular weight is 153 g/mol. The van der Waals surface area contributed by atoms with Crippen molar-refractivity contribution in [3.05, 3.63) is 11.8 Å². The first-order valence-electron chi connectivity index (χ1n) is 3.99. The van der Waals surface area contributed by atoms with E-state index >= 15 is 0 Å². The van der Waals surface area contributed by atoms with E-state index in [1.165, 1.54) is 4.90 Å². The van der Waals surface area contributed by atoms with Gasteiger partial charge in [-0.25, -0.2) is 4.79 Å². The third kappa shape index (κ3) is 0.914. The van der Waals surface area contributed by atoms with Gasteiger partial charge in [0.2, 0.25) is 0 Å². The molecule has 0 spiro atoms. The molecule has 1 aliphatic carbocycles. The lowest BCUT2D eigenvalue weighted by atomic mass is 10.1. The number of amides is 1. The second kappa shape index (κ2) is 2.26. The van der Waals surface area contributed by atoms with Crippen molar-refractivity contribution in [1.29, 1.82) is 0 Å². The number of hydrogen-bond donors (Lipinski definition) is 1. The Hall–Kier alpha value is -0.990. The first kappa shape index (κ1) is 6.70. The summed E-state index contributed by atoms with van der Waals surface area (Å²) in [4.78, 5) is 12.1. The molecule has 1 amide bonds. The molecule has 1 heterocycles. The molecule has 3 nitrogen and oxygen atoms in total. The molecule has 1 saturated heterocycles. The van der Waals surface area contributed by atoms with E-state index in [0.717, 1.165) is 25.0 Å². The van der Waals surface area contributed by atoms with Crippen LogP contribution < -0.4 is 0 Å². The number of carboxylic acid groups (broad SMARTS) is 1. The van der Waals surface area contributed by atoms with E-state index in [-0.39, 0.29) is 0 Å². The molecule has 0 radical (unpaired) electrons. The first-order chi connectivity index (χ1) is 5.29. The Bertz CT molecular complexity index is 222.